The topological polar surface area (TPSA) is 68.0 Å². The Labute approximate surface area is 103 Å². The number of aryl methyl sites for hydroxylation is 1. The monoisotopic (exact) mass is 235 g/mol. The quantitative estimate of drug-likeness (QED) is 0.820. The van der Waals surface area contributed by atoms with Crippen LogP contribution in [0.4, 0.5) is 5.82 Å². The van der Waals surface area contributed by atoms with Gasteiger partial charge in [0.25, 0.3) is 5.91 Å². The Bertz CT molecular complexity index is 390. The minimum atomic E-state index is -0.0749. The highest BCUT2D eigenvalue weighted by atomic mass is 16.1. The molecule has 0 bridgehead atoms. The number of nitrogen functional groups attached to an aromatic ring is 1. The number of amides is 1. The van der Waals surface area contributed by atoms with Gasteiger partial charge in [-0.1, -0.05) is 27.2 Å². The molecule has 1 atom stereocenters. The summed E-state index contributed by atoms with van der Waals surface area (Å²) in [5, 5.41) is 2.91. The van der Waals surface area contributed by atoms with Crippen molar-refractivity contribution in [3.8, 4) is 0 Å². The van der Waals surface area contributed by atoms with E-state index in [1.54, 1.807) is 12.1 Å². The summed E-state index contributed by atoms with van der Waals surface area (Å²) < 4.78 is 0. The predicted molar refractivity (Wildman–Crippen MR) is 69.8 cm³/mol. The van der Waals surface area contributed by atoms with E-state index in [1.807, 2.05) is 6.92 Å². The first kappa shape index (κ1) is 13.5. The molecule has 0 aliphatic heterocycles. The molecule has 17 heavy (non-hydrogen) atoms. The van der Waals surface area contributed by atoms with Gasteiger partial charge in [0, 0.05) is 17.8 Å². The number of rotatable bonds is 5. The van der Waals surface area contributed by atoms with Crippen molar-refractivity contribution < 1.29 is 4.79 Å². The second-order valence-corrected chi connectivity index (χ2v) is 4.35. The summed E-state index contributed by atoms with van der Waals surface area (Å²) in [7, 11) is 0. The smallest absolute Gasteiger partial charge is 0.251 e. The summed E-state index contributed by atoms with van der Waals surface area (Å²) in [6.07, 6.45) is 1.83. The van der Waals surface area contributed by atoms with E-state index in [4.69, 9.17) is 5.73 Å². The molecule has 0 saturated heterocycles. The first-order chi connectivity index (χ1) is 8.06. The van der Waals surface area contributed by atoms with Crippen LogP contribution in [0.25, 0.3) is 0 Å². The van der Waals surface area contributed by atoms with Crippen LogP contribution in [0.2, 0.25) is 0 Å². The van der Waals surface area contributed by atoms with Gasteiger partial charge in [-0.3, -0.25) is 4.79 Å². The number of anilines is 1. The van der Waals surface area contributed by atoms with Crippen LogP contribution in [-0.2, 0) is 6.42 Å². The van der Waals surface area contributed by atoms with Crippen LogP contribution in [-0.4, -0.2) is 17.4 Å². The lowest BCUT2D eigenvalue weighted by Gasteiger charge is -2.11. The van der Waals surface area contributed by atoms with E-state index in [0.29, 0.717) is 23.8 Å². The second-order valence-electron chi connectivity index (χ2n) is 4.35. The van der Waals surface area contributed by atoms with E-state index in [0.717, 1.165) is 18.5 Å². The van der Waals surface area contributed by atoms with E-state index in [-0.39, 0.29) is 5.91 Å². The van der Waals surface area contributed by atoms with Crippen molar-refractivity contribution in [2.75, 3.05) is 12.3 Å². The number of pyridine rings is 1. The number of carbonyl (C=O) groups is 1. The van der Waals surface area contributed by atoms with Crippen LogP contribution in [0.15, 0.2) is 12.1 Å². The molecule has 0 aliphatic rings. The molecule has 94 valence electrons. The van der Waals surface area contributed by atoms with Gasteiger partial charge in [0.15, 0.2) is 0 Å². The third-order valence-corrected chi connectivity index (χ3v) is 2.83. The van der Waals surface area contributed by atoms with Crippen molar-refractivity contribution in [1.82, 2.24) is 10.3 Å². The number of aromatic nitrogens is 1. The Kier molecular flexibility index (Phi) is 4.94. The van der Waals surface area contributed by atoms with Crippen molar-refractivity contribution in [3.63, 3.8) is 0 Å². The highest BCUT2D eigenvalue weighted by molar-refractivity contribution is 5.94. The molecule has 0 radical (unpaired) electrons. The van der Waals surface area contributed by atoms with Crippen LogP contribution in [0.1, 0.15) is 43.2 Å². The maximum atomic E-state index is 11.9. The molecule has 0 saturated carbocycles. The van der Waals surface area contributed by atoms with E-state index in [1.165, 1.54) is 0 Å². The summed E-state index contributed by atoms with van der Waals surface area (Å²) in [4.78, 5) is 16.0. The molecule has 1 aromatic heterocycles. The summed E-state index contributed by atoms with van der Waals surface area (Å²) in [5.74, 6) is 0.816. The fraction of sp³-hybridized carbons (Fsp3) is 0.538. The number of nitrogens with one attached hydrogen (secondary N) is 1. The van der Waals surface area contributed by atoms with E-state index in [2.05, 4.69) is 24.1 Å². The molecule has 0 fully saturated rings. The third kappa shape index (κ3) is 4.06. The largest absolute Gasteiger partial charge is 0.384 e. The molecule has 1 heterocycles. The van der Waals surface area contributed by atoms with Gasteiger partial charge in [0.1, 0.15) is 5.82 Å². The van der Waals surface area contributed by atoms with Gasteiger partial charge in [-0.15, -0.1) is 0 Å². The van der Waals surface area contributed by atoms with Gasteiger partial charge >= 0.3 is 0 Å². The highest BCUT2D eigenvalue weighted by Gasteiger charge is 2.09. The van der Waals surface area contributed by atoms with Crippen molar-refractivity contribution in [2.24, 2.45) is 5.92 Å². The SMILES string of the molecule is CCc1cc(C(=O)NCC(C)CC)cc(N)n1. The molecule has 1 aromatic rings. The van der Waals surface area contributed by atoms with Crippen molar-refractivity contribution in [2.45, 2.75) is 33.6 Å². The standard InChI is InChI=1S/C13H21N3O/c1-4-9(3)8-15-13(17)10-6-11(5-2)16-12(14)7-10/h6-7,9H,4-5,8H2,1-3H3,(H2,14,16)(H,15,17). The Morgan fingerprint density at radius 2 is 2.18 bits per heavy atom. The average molecular weight is 235 g/mol. The number of hydrogen-bond donors (Lipinski definition) is 2. The van der Waals surface area contributed by atoms with Crippen LogP contribution in [0.3, 0.4) is 0 Å². The minimum absolute atomic E-state index is 0.0749. The van der Waals surface area contributed by atoms with E-state index >= 15 is 0 Å². The van der Waals surface area contributed by atoms with Crippen LogP contribution in [0.5, 0.6) is 0 Å². The summed E-state index contributed by atoms with van der Waals surface area (Å²) >= 11 is 0. The Hall–Kier alpha value is -1.58. The molecule has 4 heteroatoms. The first-order valence-electron chi connectivity index (χ1n) is 6.11. The van der Waals surface area contributed by atoms with Gasteiger partial charge in [0.05, 0.1) is 0 Å². The number of nitrogens with two attached hydrogens (primary N) is 1. The maximum Gasteiger partial charge on any atom is 0.251 e. The molecule has 0 aromatic carbocycles. The zero-order chi connectivity index (χ0) is 12.8. The lowest BCUT2D eigenvalue weighted by atomic mass is 10.1. The van der Waals surface area contributed by atoms with Gasteiger partial charge < -0.3 is 11.1 Å². The van der Waals surface area contributed by atoms with Gasteiger partial charge in [0.2, 0.25) is 0 Å². The van der Waals surface area contributed by atoms with Crippen LogP contribution >= 0.6 is 0 Å². The van der Waals surface area contributed by atoms with Crippen LogP contribution < -0.4 is 11.1 Å². The number of hydrogen-bond acceptors (Lipinski definition) is 3. The average Bonchev–Trinajstić information content (AvgIpc) is 2.34. The molecule has 1 amide bonds. The van der Waals surface area contributed by atoms with Gasteiger partial charge in [-0.05, 0) is 24.5 Å². The lowest BCUT2D eigenvalue weighted by molar-refractivity contribution is 0.0947. The molecule has 1 unspecified atom stereocenters. The van der Waals surface area contributed by atoms with Crippen molar-refractivity contribution in [1.29, 1.82) is 0 Å². The summed E-state index contributed by atoms with van der Waals surface area (Å²) in [5.41, 5.74) is 7.10. The Morgan fingerprint density at radius 3 is 2.76 bits per heavy atom. The van der Waals surface area contributed by atoms with Gasteiger partial charge in [-0.2, -0.15) is 0 Å². The normalized spacial score (nSPS) is 12.2. The third-order valence-electron chi connectivity index (χ3n) is 2.83. The lowest BCUT2D eigenvalue weighted by Crippen LogP contribution is -2.28. The molecule has 0 aliphatic carbocycles. The number of carbonyl (C=O) groups excluding carboxylic acids is 1. The predicted octanol–water partition coefficient (Wildman–Crippen LogP) is 2.00. The molecule has 3 N–H and O–H groups in total. The maximum absolute atomic E-state index is 11.9. The van der Waals surface area contributed by atoms with Crippen molar-refractivity contribution >= 4 is 11.7 Å². The minimum Gasteiger partial charge on any atom is -0.384 e. The Morgan fingerprint density at radius 1 is 1.47 bits per heavy atom. The summed E-state index contributed by atoms with van der Waals surface area (Å²) in [6.45, 7) is 6.90. The first-order valence-corrected chi connectivity index (χ1v) is 6.11. The van der Waals surface area contributed by atoms with Gasteiger partial charge in [-0.25, -0.2) is 4.98 Å². The zero-order valence-corrected chi connectivity index (χ0v) is 10.8. The van der Waals surface area contributed by atoms with E-state index in [9.17, 15) is 4.79 Å². The molecule has 4 nitrogen and oxygen atoms in total. The van der Waals surface area contributed by atoms with E-state index < -0.39 is 0 Å². The second kappa shape index (κ2) is 6.23. The molecular formula is C13H21N3O. The summed E-state index contributed by atoms with van der Waals surface area (Å²) in [6, 6.07) is 3.41. The Balaban J connectivity index is 2.71. The molecule has 1 rings (SSSR count). The molecule has 0 spiro atoms. The highest BCUT2D eigenvalue weighted by Crippen LogP contribution is 2.08. The fourth-order valence-corrected chi connectivity index (χ4v) is 1.44. The van der Waals surface area contributed by atoms with Crippen molar-refractivity contribution in [3.05, 3.63) is 23.4 Å². The molecular weight excluding hydrogens is 214 g/mol. The fourth-order valence-electron chi connectivity index (χ4n) is 1.44. The van der Waals surface area contributed by atoms with Crippen LogP contribution in [0, 0.1) is 5.92 Å². The zero-order valence-electron chi connectivity index (χ0n) is 10.8. The number of nitrogens with zero attached hydrogens (tertiary/aromatic N) is 1.